The van der Waals surface area contributed by atoms with Gasteiger partial charge in [-0.15, -0.1) is 0 Å². The highest BCUT2D eigenvalue weighted by Gasteiger charge is 2.16. The number of rotatable bonds is 13. The lowest BCUT2D eigenvalue weighted by Gasteiger charge is -2.25. The Balaban J connectivity index is 1.56. The Kier molecular flexibility index (Phi) is 9.90. The van der Waals surface area contributed by atoms with Crippen molar-refractivity contribution in [3.8, 4) is 0 Å². The summed E-state index contributed by atoms with van der Waals surface area (Å²) in [6.45, 7) is 11.0. The van der Waals surface area contributed by atoms with Crippen molar-refractivity contribution in [1.29, 1.82) is 0 Å². The van der Waals surface area contributed by atoms with Crippen LogP contribution >= 0.6 is 0 Å². The molecule has 1 aromatic heterocycles. The number of aromatic nitrogens is 1. The van der Waals surface area contributed by atoms with Crippen molar-refractivity contribution >= 4 is 0 Å². The minimum absolute atomic E-state index is 0.157. The zero-order valence-corrected chi connectivity index (χ0v) is 21.1. The van der Waals surface area contributed by atoms with E-state index in [2.05, 4.69) is 72.8 Å². The third-order valence-corrected chi connectivity index (χ3v) is 5.98. The summed E-state index contributed by atoms with van der Waals surface area (Å²) in [5.41, 5.74) is 5.11. The van der Waals surface area contributed by atoms with Crippen LogP contribution in [0.2, 0.25) is 0 Å². The average Bonchev–Trinajstić information content (AvgIpc) is 3.24. The molecule has 0 amide bonds. The molecule has 0 aliphatic heterocycles. The first-order chi connectivity index (χ1) is 16.3. The fourth-order valence-corrected chi connectivity index (χ4v) is 3.98. The molecule has 0 bridgehead atoms. The molecule has 0 aliphatic carbocycles. The van der Waals surface area contributed by atoms with Gasteiger partial charge in [-0.2, -0.15) is 0 Å². The van der Waals surface area contributed by atoms with Crippen LogP contribution in [0.4, 0.5) is 0 Å². The van der Waals surface area contributed by atoms with Gasteiger partial charge in [-0.25, -0.2) is 0 Å². The molecule has 2 aromatic carbocycles. The number of ether oxygens (including phenoxy) is 2. The summed E-state index contributed by atoms with van der Waals surface area (Å²) in [6.07, 6.45) is 1.56. The van der Waals surface area contributed by atoms with Crippen LogP contribution in [-0.2, 0) is 34.6 Å². The summed E-state index contributed by atoms with van der Waals surface area (Å²) >= 11 is 0. The van der Waals surface area contributed by atoms with Crippen molar-refractivity contribution in [2.24, 2.45) is 0 Å². The first-order valence-corrected chi connectivity index (χ1v) is 12.1. The summed E-state index contributed by atoms with van der Waals surface area (Å²) in [5.74, 6) is 0. The van der Waals surface area contributed by atoms with E-state index in [1.54, 1.807) is 7.11 Å². The smallest absolute Gasteiger partial charge is 0.0900 e. The number of methoxy groups -OCH3 is 1. The molecule has 0 spiro atoms. The molecule has 5 nitrogen and oxygen atoms in total. The minimum atomic E-state index is -0.561. The van der Waals surface area contributed by atoms with Crippen LogP contribution in [-0.4, -0.2) is 54.1 Å². The van der Waals surface area contributed by atoms with Gasteiger partial charge in [0.1, 0.15) is 0 Å². The molecule has 3 aromatic rings. The lowest BCUT2D eigenvalue weighted by atomic mass is 9.87. The fraction of sp³-hybridized carbons (Fsp3) is 0.448. The van der Waals surface area contributed by atoms with Gasteiger partial charge in [-0.1, -0.05) is 75.4 Å². The molecular formula is C29H40N2O3. The Morgan fingerprint density at radius 3 is 2.35 bits per heavy atom. The van der Waals surface area contributed by atoms with Crippen molar-refractivity contribution in [2.45, 2.75) is 52.0 Å². The fourth-order valence-electron chi connectivity index (χ4n) is 3.98. The molecule has 0 fully saturated rings. The van der Waals surface area contributed by atoms with Crippen molar-refractivity contribution in [3.63, 3.8) is 0 Å². The summed E-state index contributed by atoms with van der Waals surface area (Å²) in [7, 11) is 1.71. The number of benzene rings is 2. The van der Waals surface area contributed by atoms with E-state index in [1.807, 2.05) is 30.3 Å². The van der Waals surface area contributed by atoms with Gasteiger partial charge in [0.05, 0.1) is 25.9 Å². The van der Waals surface area contributed by atoms with Gasteiger partial charge >= 0.3 is 0 Å². The highest BCUT2D eigenvalue weighted by molar-refractivity contribution is 5.28. The Morgan fingerprint density at radius 2 is 1.68 bits per heavy atom. The Labute approximate surface area is 204 Å². The molecule has 0 aliphatic rings. The quantitative estimate of drug-likeness (QED) is 0.392. The third kappa shape index (κ3) is 8.41. The largest absolute Gasteiger partial charge is 0.389 e. The first-order valence-electron chi connectivity index (χ1n) is 12.1. The molecule has 34 heavy (non-hydrogen) atoms. The summed E-state index contributed by atoms with van der Waals surface area (Å²) in [5, 5.41) is 10.6. The topological polar surface area (TPSA) is 46.9 Å². The highest BCUT2D eigenvalue weighted by Crippen LogP contribution is 2.22. The zero-order chi connectivity index (χ0) is 24.4. The van der Waals surface area contributed by atoms with Gasteiger partial charge in [0.25, 0.3) is 0 Å². The number of aliphatic hydroxyl groups excluding tert-OH is 1. The normalized spacial score (nSPS) is 12.9. The SMILES string of the molecule is COCCN(Cc1cccn1Cc1ccc(C(C)(C)C)cc1)C[C@H](O)COCc1ccccc1. The number of hydrogen-bond acceptors (Lipinski definition) is 4. The predicted molar refractivity (Wildman–Crippen MR) is 138 cm³/mol. The van der Waals surface area contributed by atoms with Crippen LogP contribution in [0.3, 0.4) is 0 Å². The predicted octanol–water partition coefficient (Wildman–Crippen LogP) is 4.86. The van der Waals surface area contributed by atoms with Crippen LogP contribution in [0.5, 0.6) is 0 Å². The highest BCUT2D eigenvalue weighted by atomic mass is 16.5. The van der Waals surface area contributed by atoms with Crippen LogP contribution < -0.4 is 0 Å². The molecule has 1 heterocycles. The van der Waals surface area contributed by atoms with Crippen molar-refractivity contribution in [2.75, 3.05) is 33.4 Å². The summed E-state index contributed by atoms with van der Waals surface area (Å²) in [4.78, 5) is 2.23. The Hall–Kier alpha value is -2.44. The molecule has 184 valence electrons. The third-order valence-electron chi connectivity index (χ3n) is 5.98. The number of aliphatic hydroxyl groups is 1. The van der Waals surface area contributed by atoms with Crippen LogP contribution in [0, 0.1) is 0 Å². The molecule has 3 rings (SSSR count). The average molecular weight is 465 g/mol. The lowest BCUT2D eigenvalue weighted by molar-refractivity contribution is 0.00443. The van der Waals surface area contributed by atoms with Crippen LogP contribution in [0.15, 0.2) is 72.9 Å². The Morgan fingerprint density at radius 1 is 0.941 bits per heavy atom. The molecule has 5 heteroatoms. The summed E-state index contributed by atoms with van der Waals surface area (Å²) < 4.78 is 13.3. The second-order valence-corrected chi connectivity index (χ2v) is 9.96. The van der Waals surface area contributed by atoms with E-state index >= 15 is 0 Å². The molecule has 0 unspecified atom stereocenters. The first kappa shape index (κ1) is 26.2. The van der Waals surface area contributed by atoms with Crippen LogP contribution in [0.25, 0.3) is 0 Å². The van der Waals surface area contributed by atoms with Gasteiger partial charge in [0.15, 0.2) is 0 Å². The molecular weight excluding hydrogens is 424 g/mol. The van der Waals surface area contributed by atoms with Gasteiger partial charge in [-0.05, 0) is 34.2 Å². The number of hydrogen-bond donors (Lipinski definition) is 1. The second kappa shape index (κ2) is 12.9. The maximum atomic E-state index is 10.6. The van der Waals surface area contributed by atoms with Crippen molar-refractivity contribution < 1.29 is 14.6 Å². The molecule has 0 radical (unpaired) electrons. The number of nitrogens with zero attached hydrogens (tertiary/aromatic N) is 2. The minimum Gasteiger partial charge on any atom is -0.389 e. The summed E-state index contributed by atoms with van der Waals surface area (Å²) in [6, 6.07) is 23.2. The van der Waals surface area contributed by atoms with E-state index in [4.69, 9.17) is 9.47 Å². The molecule has 1 atom stereocenters. The molecule has 0 saturated heterocycles. The van der Waals surface area contributed by atoms with E-state index in [1.165, 1.54) is 16.8 Å². The maximum absolute atomic E-state index is 10.6. The molecule has 1 N–H and O–H groups in total. The van der Waals surface area contributed by atoms with E-state index in [-0.39, 0.29) is 5.41 Å². The molecule has 0 saturated carbocycles. The lowest BCUT2D eigenvalue weighted by Crippen LogP contribution is -2.37. The standard InChI is InChI=1S/C29H40N2O3/c1-29(2,3)26-14-12-24(13-15-26)19-31-16-8-11-27(31)20-30(17-18-33-4)21-28(32)23-34-22-25-9-6-5-7-10-25/h5-16,28,32H,17-23H2,1-4H3/t28-/m0/s1. The van der Waals surface area contributed by atoms with Gasteiger partial charge in [0.2, 0.25) is 0 Å². The van der Waals surface area contributed by atoms with E-state index in [0.29, 0.717) is 26.4 Å². The monoisotopic (exact) mass is 464 g/mol. The van der Waals surface area contributed by atoms with Gasteiger partial charge in [-0.3, -0.25) is 4.90 Å². The zero-order valence-electron chi connectivity index (χ0n) is 21.1. The van der Waals surface area contributed by atoms with Gasteiger partial charge < -0.3 is 19.1 Å². The van der Waals surface area contributed by atoms with Crippen molar-refractivity contribution in [3.05, 3.63) is 95.3 Å². The van der Waals surface area contributed by atoms with Crippen LogP contribution in [0.1, 0.15) is 43.2 Å². The van der Waals surface area contributed by atoms with Gasteiger partial charge in [0, 0.05) is 45.2 Å². The Bertz CT molecular complexity index is 961. The maximum Gasteiger partial charge on any atom is 0.0900 e. The second-order valence-electron chi connectivity index (χ2n) is 9.96. The van der Waals surface area contributed by atoms with E-state index in [0.717, 1.165) is 25.2 Å². The van der Waals surface area contributed by atoms with Crippen molar-refractivity contribution in [1.82, 2.24) is 9.47 Å². The van der Waals surface area contributed by atoms with E-state index in [9.17, 15) is 5.11 Å². The van der Waals surface area contributed by atoms with E-state index < -0.39 is 6.10 Å².